The van der Waals surface area contributed by atoms with Crippen LogP contribution in [0.1, 0.15) is 23.0 Å². The van der Waals surface area contributed by atoms with Gasteiger partial charge in [-0.2, -0.15) is 5.10 Å². The first kappa shape index (κ1) is 21.7. The summed E-state index contributed by atoms with van der Waals surface area (Å²) >= 11 is 2.15. The van der Waals surface area contributed by atoms with E-state index in [-0.39, 0.29) is 5.76 Å². The summed E-state index contributed by atoms with van der Waals surface area (Å²) in [6.07, 6.45) is 3.19. The van der Waals surface area contributed by atoms with Gasteiger partial charge in [0.05, 0.1) is 23.5 Å². The van der Waals surface area contributed by atoms with E-state index in [4.69, 9.17) is 18.6 Å². The first-order chi connectivity index (χ1) is 14.5. The lowest BCUT2D eigenvalue weighted by atomic mass is 10.2. The normalized spacial score (nSPS) is 10.9. The third-order valence-corrected chi connectivity index (χ3v) is 4.80. The van der Waals surface area contributed by atoms with E-state index < -0.39 is 5.91 Å². The number of benzene rings is 2. The molecular weight excluding hydrogens is 499 g/mol. The van der Waals surface area contributed by atoms with Gasteiger partial charge in [0.2, 0.25) is 0 Å². The van der Waals surface area contributed by atoms with Crippen LogP contribution in [0.5, 0.6) is 17.2 Å². The fraction of sp³-hybridized carbons (Fsp3) is 0.182. The summed E-state index contributed by atoms with van der Waals surface area (Å²) in [4.78, 5) is 12.4. The Kier molecular flexibility index (Phi) is 7.34. The lowest BCUT2D eigenvalue weighted by molar-refractivity contribution is 0.0929. The number of nitrogens with one attached hydrogen (secondary N) is 1. The Morgan fingerprint density at radius 2 is 2.10 bits per heavy atom. The zero-order valence-corrected chi connectivity index (χ0v) is 18.8. The lowest BCUT2D eigenvalue weighted by Gasteiger charge is -2.12. The molecule has 1 aromatic heterocycles. The molecule has 0 fully saturated rings. The molecule has 0 unspecified atom stereocenters. The van der Waals surface area contributed by atoms with Crippen LogP contribution in [-0.2, 0) is 0 Å². The molecule has 2 aromatic carbocycles. The number of carbonyl (C=O) groups excluding carboxylic acids is 1. The molecular formula is C22H21IN2O5. The molecule has 7 nitrogen and oxygen atoms in total. The van der Waals surface area contributed by atoms with E-state index in [9.17, 15) is 4.79 Å². The summed E-state index contributed by atoms with van der Waals surface area (Å²) < 4.78 is 22.9. The number of amides is 1. The number of rotatable bonds is 9. The molecule has 1 heterocycles. The van der Waals surface area contributed by atoms with Gasteiger partial charge in [-0.25, -0.2) is 5.43 Å². The predicted molar refractivity (Wildman–Crippen MR) is 124 cm³/mol. The molecule has 0 aliphatic rings. The highest BCUT2D eigenvalue weighted by molar-refractivity contribution is 14.1. The van der Waals surface area contributed by atoms with Crippen LogP contribution < -0.4 is 19.6 Å². The van der Waals surface area contributed by atoms with Crippen molar-refractivity contribution in [3.05, 3.63) is 63.9 Å². The molecule has 0 saturated carbocycles. The lowest BCUT2D eigenvalue weighted by Crippen LogP contribution is -2.16. The van der Waals surface area contributed by atoms with Crippen molar-refractivity contribution in [2.75, 3.05) is 20.3 Å². The Balaban J connectivity index is 1.71. The monoisotopic (exact) mass is 520 g/mol. The average Bonchev–Trinajstić information content (AvgIpc) is 3.16. The third kappa shape index (κ3) is 5.12. The Bertz CT molecular complexity index is 1090. The second-order valence-electron chi connectivity index (χ2n) is 6.08. The van der Waals surface area contributed by atoms with Crippen LogP contribution in [0.15, 0.2) is 58.6 Å². The Hall–Kier alpha value is -3.01. The van der Waals surface area contributed by atoms with Gasteiger partial charge >= 0.3 is 5.91 Å². The quantitative estimate of drug-likeness (QED) is 0.190. The number of ether oxygens (including phenoxy) is 3. The molecule has 156 valence electrons. The van der Waals surface area contributed by atoms with Crippen LogP contribution >= 0.6 is 22.6 Å². The molecule has 1 N–H and O–H groups in total. The minimum absolute atomic E-state index is 0.163. The van der Waals surface area contributed by atoms with Gasteiger partial charge in [-0.05, 0) is 71.5 Å². The number of methoxy groups -OCH3 is 1. The largest absolute Gasteiger partial charge is 0.494 e. The zero-order valence-electron chi connectivity index (χ0n) is 16.6. The molecule has 0 spiro atoms. The summed E-state index contributed by atoms with van der Waals surface area (Å²) in [7, 11) is 1.56. The number of furan rings is 1. The number of carbonyl (C=O) groups is 1. The van der Waals surface area contributed by atoms with Crippen LogP contribution in [0.4, 0.5) is 0 Å². The SMILES string of the molecule is C=CCOc1c(I)cc(/C=N\NC(=O)c2cc3cc(OCC)ccc3o2)cc1OC. The highest BCUT2D eigenvalue weighted by atomic mass is 127. The summed E-state index contributed by atoms with van der Waals surface area (Å²) in [5.41, 5.74) is 3.81. The van der Waals surface area contributed by atoms with Crippen LogP contribution in [0.2, 0.25) is 0 Å². The van der Waals surface area contributed by atoms with E-state index in [0.717, 1.165) is 20.3 Å². The van der Waals surface area contributed by atoms with E-state index in [1.807, 2.05) is 19.1 Å². The standard InChI is InChI=1S/C22H21IN2O5/c1-4-8-29-21-17(23)9-14(10-19(21)27-3)13-24-25-22(26)20-12-15-11-16(28-5-2)6-7-18(15)30-20/h4,6-7,9-13H,1,5,8H2,2-3H3,(H,25,26)/b24-13-. The van der Waals surface area contributed by atoms with Crippen molar-refractivity contribution >= 4 is 45.7 Å². The number of nitrogens with zero attached hydrogens (tertiary/aromatic N) is 1. The number of hydrogen-bond donors (Lipinski definition) is 1. The fourth-order valence-electron chi connectivity index (χ4n) is 2.71. The number of hydrogen-bond acceptors (Lipinski definition) is 6. The number of hydrazone groups is 1. The van der Waals surface area contributed by atoms with Crippen LogP contribution in [-0.4, -0.2) is 32.4 Å². The minimum Gasteiger partial charge on any atom is -0.494 e. The van der Waals surface area contributed by atoms with Crippen LogP contribution in [0.3, 0.4) is 0 Å². The van der Waals surface area contributed by atoms with Crippen molar-refractivity contribution in [1.82, 2.24) is 5.43 Å². The molecule has 3 aromatic rings. The van der Waals surface area contributed by atoms with Gasteiger partial charge in [0, 0.05) is 5.39 Å². The van der Waals surface area contributed by atoms with Crippen molar-refractivity contribution in [2.45, 2.75) is 6.92 Å². The molecule has 0 aliphatic carbocycles. The van der Waals surface area contributed by atoms with Crippen molar-refractivity contribution in [3.8, 4) is 17.2 Å². The zero-order chi connectivity index (χ0) is 21.5. The van der Waals surface area contributed by atoms with Crippen molar-refractivity contribution in [1.29, 1.82) is 0 Å². The van der Waals surface area contributed by atoms with E-state index in [1.165, 1.54) is 6.21 Å². The number of fused-ring (bicyclic) bond motifs is 1. The van der Waals surface area contributed by atoms with E-state index in [0.29, 0.717) is 30.3 Å². The molecule has 0 bridgehead atoms. The van der Waals surface area contributed by atoms with Gasteiger partial charge < -0.3 is 18.6 Å². The topological polar surface area (TPSA) is 82.3 Å². The second-order valence-corrected chi connectivity index (χ2v) is 7.24. The summed E-state index contributed by atoms with van der Waals surface area (Å²) in [6, 6.07) is 10.7. The maximum absolute atomic E-state index is 12.4. The molecule has 1 amide bonds. The van der Waals surface area contributed by atoms with Crippen molar-refractivity contribution in [3.63, 3.8) is 0 Å². The molecule has 0 saturated heterocycles. The maximum atomic E-state index is 12.4. The minimum atomic E-state index is -0.451. The molecule has 0 radical (unpaired) electrons. The van der Waals surface area contributed by atoms with Gasteiger partial charge in [-0.3, -0.25) is 4.79 Å². The highest BCUT2D eigenvalue weighted by Crippen LogP contribution is 2.33. The van der Waals surface area contributed by atoms with E-state index >= 15 is 0 Å². The van der Waals surface area contributed by atoms with Crippen molar-refractivity contribution in [2.24, 2.45) is 5.10 Å². The van der Waals surface area contributed by atoms with Gasteiger partial charge in [0.25, 0.3) is 0 Å². The third-order valence-electron chi connectivity index (χ3n) is 4.00. The molecule has 0 aliphatic heterocycles. The van der Waals surface area contributed by atoms with Gasteiger partial charge in [-0.1, -0.05) is 12.7 Å². The fourth-order valence-corrected chi connectivity index (χ4v) is 3.49. The van der Waals surface area contributed by atoms with Crippen LogP contribution in [0.25, 0.3) is 11.0 Å². The number of halogens is 1. The van der Waals surface area contributed by atoms with Crippen LogP contribution in [0, 0.1) is 3.57 Å². The highest BCUT2D eigenvalue weighted by Gasteiger charge is 2.13. The van der Waals surface area contributed by atoms with Gasteiger partial charge in [0.1, 0.15) is 17.9 Å². The van der Waals surface area contributed by atoms with Gasteiger partial charge in [-0.15, -0.1) is 0 Å². The first-order valence-electron chi connectivity index (χ1n) is 9.16. The Morgan fingerprint density at radius 1 is 1.27 bits per heavy atom. The van der Waals surface area contributed by atoms with E-state index in [1.54, 1.807) is 37.5 Å². The first-order valence-corrected chi connectivity index (χ1v) is 10.2. The Morgan fingerprint density at radius 3 is 2.83 bits per heavy atom. The smallest absolute Gasteiger partial charge is 0.307 e. The predicted octanol–water partition coefficient (Wildman–Crippen LogP) is 4.77. The summed E-state index contributed by atoms with van der Waals surface area (Å²) in [5, 5.41) is 4.80. The van der Waals surface area contributed by atoms with Gasteiger partial charge in [0.15, 0.2) is 17.3 Å². The van der Waals surface area contributed by atoms with Crippen molar-refractivity contribution < 1.29 is 23.4 Å². The maximum Gasteiger partial charge on any atom is 0.307 e. The second kappa shape index (κ2) is 10.1. The average molecular weight is 520 g/mol. The molecule has 3 rings (SSSR count). The molecule has 8 heteroatoms. The molecule has 30 heavy (non-hydrogen) atoms. The Labute approximate surface area is 187 Å². The van der Waals surface area contributed by atoms with E-state index in [2.05, 4.69) is 39.7 Å². The molecule has 0 atom stereocenters. The summed E-state index contributed by atoms with van der Waals surface area (Å²) in [5.74, 6) is 1.63. The summed E-state index contributed by atoms with van der Waals surface area (Å²) in [6.45, 7) is 6.50.